The molecule has 1 aliphatic heterocycles. The molecule has 25 heavy (non-hydrogen) atoms. The molecule has 1 saturated carbocycles. The van der Waals surface area contributed by atoms with Crippen molar-refractivity contribution in [3.63, 3.8) is 0 Å². The van der Waals surface area contributed by atoms with Crippen LogP contribution in [0.1, 0.15) is 38.3 Å². The first-order valence-electron chi connectivity index (χ1n) is 8.76. The Morgan fingerprint density at radius 1 is 1.16 bits per heavy atom. The average Bonchev–Trinajstić information content (AvgIpc) is 3.18. The molecule has 1 saturated heterocycles. The Morgan fingerprint density at radius 2 is 1.96 bits per heavy atom. The third-order valence-electron chi connectivity index (χ3n) is 5.10. The van der Waals surface area contributed by atoms with Gasteiger partial charge in [-0.2, -0.15) is 5.10 Å². The largest absolute Gasteiger partial charge is 0.394 e. The lowest BCUT2D eigenvalue weighted by Crippen LogP contribution is -2.33. The van der Waals surface area contributed by atoms with Crippen LogP contribution in [0.25, 0.3) is 11.0 Å². The lowest BCUT2D eigenvalue weighted by Gasteiger charge is -2.23. The minimum absolute atomic E-state index is 0.378. The van der Waals surface area contributed by atoms with Crippen LogP contribution in [0.15, 0.2) is 12.5 Å². The van der Waals surface area contributed by atoms with Gasteiger partial charge in [0.15, 0.2) is 11.9 Å². The number of rotatable bonds is 4. The van der Waals surface area contributed by atoms with E-state index in [9.17, 15) is 15.3 Å². The maximum atomic E-state index is 10.2. The molecule has 0 bridgehead atoms. The van der Waals surface area contributed by atoms with Gasteiger partial charge in [-0.25, -0.2) is 14.6 Å². The Balaban J connectivity index is 1.62. The van der Waals surface area contributed by atoms with Crippen LogP contribution in [0.3, 0.4) is 0 Å². The van der Waals surface area contributed by atoms with Gasteiger partial charge in [-0.1, -0.05) is 19.3 Å². The first kappa shape index (κ1) is 16.6. The van der Waals surface area contributed by atoms with E-state index in [1.54, 1.807) is 6.20 Å². The van der Waals surface area contributed by atoms with Crippen molar-refractivity contribution in [2.45, 2.75) is 62.7 Å². The number of aliphatic hydroxyl groups is 3. The SMILES string of the molecule is OC[C@H]1OC(n2ncc3c(NC4CCCCC4)ncnc32)[C@H](O)[C@@H]1O. The number of ether oxygens (including phenoxy) is 1. The molecule has 0 amide bonds. The molecule has 3 heterocycles. The fourth-order valence-electron chi connectivity index (χ4n) is 3.69. The normalized spacial score (nSPS) is 30.8. The number of aliphatic hydroxyl groups excluding tert-OH is 3. The predicted molar refractivity (Wildman–Crippen MR) is 88.8 cm³/mol. The van der Waals surface area contributed by atoms with Crippen LogP contribution in [0.2, 0.25) is 0 Å². The lowest BCUT2D eigenvalue weighted by molar-refractivity contribution is -0.0566. The summed E-state index contributed by atoms with van der Waals surface area (Å²) in [5, 5.41) is 37.9. The summed E-state index contributed by atoms with van der Waals surface area (Å²) in [5.41, 5.74) is 0.517. The number of nitrogens with one attached hydrogen (secondary N) is 1. The fraction of sp³-hybridized carbons (Fsp3) is 0.688. The molecule has 1 unspecified atom stereocenters. The molecule has 0 radical (unpaired) electrons. The van der Waals surface area contributed by atoms with Gasteiger partial charge in [0.2, 0.25) is 0 Å². The van der Waals surface area contributed by atoms with E-state index in [2.05, 4.69) is 20.4 Å². The molecule has 4 atom stereocenters. The lowest BCUT2D eigenvalue weighted by atomic mass is 9.95. The van der Waals surface area contributed by atoms with Crippen LogP contribution in [-0.2, 0) is 4.74 Å². The second-order valence-electron chi connectivity index (χ2n) is 6.76. The minimum Gasteiger partial charge on any atom is -0.394 e. The number of hydrogen-bond acceptors (Lipinski definition) is 8. The highest BCUT2D eigenvalue weighted by atomic mass is 16.6. The predicted octanol–water partition coefficient (Wildman–Crippen LogP) is 0.182. The summed E-state index contributed by atoms with van der Waals surface area (Å²) in [6.45, 7) is -0.378. The van der Waals surface area contributed by atoms with Gasteiger partial charge in [0.1, 0.15) is 30.5 Å². The zero-order chi connectivity index (χ0) is 17.4. The zero-order valence-electron chi connectivity index (χ0n) is 13.8. The van der Waals surface area contributed by atoms with Crippen LogP contribution in [0, 0.1) is 0 Å². The molecule has 2 fully saturated rings. The second-order valence-corrected chi connectivity index (χ2v) is 6.76. The third kappa shape index (κ3) is 2.97. The highest BCUT2D eigenvalue weighted by Crippen LogP contribution is 2.32. The standard InChI is InChI=1S/C16H23N5O4/c22-7-11-12(23)13(24)16(25-11)21-15-10(6-19-21)14(17-8-18-15)20-9-4-2-1-3-5-9/h6,8-9,11-13,16,22-24H,1-5,7H2,(H,17,18,20)/t11-,12-,13-,16?/m1/s1. The van der Waals surface area contributed by atoms with Crippen molar-refractivity contribution >= 4 is 16.9 Å². The molecule has 9 nitrogen and oxygen atoms in total. The highest BCUT2D eigenvalue weighted by molar-refractivity contribution is 5.86. The molecule has 4 rings (SSSR count). The van der Waals surface area contributed by atoms with Gasteiger partial charge in [-0.05, 0) is 12.8 Å². The van der Waals surface area contributed by atoms with Crippen molar-refractivity contribution in [3.8, 4) is 0 Å². The van der Waals surface area contributed by atoms with Crippen LogP contribution < -0.4 is 5.32 Å². The fourth-order valence-corrected chi connectivity index (χ4v) is 3.69. The summed E-state index contributed by atoms with van der Waals surface area (Å²) < 4.78 is 6.98. The zero-order valence-corrected chi connectivity index (χ0v) is 13.8. The maximum Gasteiger partial charge on any atom is 0.181 e. The average molecular weight is 349 g/mol. The Hall–Kier alpha value is -1.81. The van der Waals surface area contributed by atoms with Gasteiger partial charge < -0.3 is 25.4 Å². The summed E-state index contributed by atoms with van der Waals surface area (Å²) in [7, 11) is 0. The molecular weight excluding hydrogens is 326 g/mol. The van der Waals surface area contributed by atoms with Gasteiger partial charge in [-0.3, -0.25) is 0 Å². The highest BCUT2D eigenvalue weighted by Gasteiger charge is 2.44. The molecule has 2 aliphatic rings. The van der Waals surface area contributed by atoms with Crippen LogP contribution >= 0.6 is 0 Å². The van der Waals surface area contributed by atoms with Gasteiger partial charge in [0.05, 0.1) is 18.2 Å². The maximum absolute atomic E-state index is 10.2. The van der Waals surface area contributed by atoms with Crippen molar-refractivity contribution < 1.29 is 20.1 Å². The summed E-state index contributed by atoms with van der Waals surface area (Å²) in [6, 6.07) is 0.393. The molecule has 1 aliphatic carbocycles. The van der Waals surface area contributed by atoms with E-state index in [0.717, 1.165) is 24.0 Å². The van der Waals surface area contributed by atoms with Crippen molar-refractivity contribution in [1.29, 1.82) is 0 Å². The molecule has 0 aromatic carbocycles. The van der Waals surface area contributed by atoms with Crippen molar-refractivity contribution in [2.24, 2.45) is 0 Å². The van der Waals surface area contributed by atoms with E-state index in [0.29, 0.717) is 11.7 Å². The minimum atomic E-state index is -1.19. The van der Waals surface area contributed by atoms with Crippen LogP contribution in [-0.4, -0.2) is 66.0 Å². The molecular formula is C16H23N5O4. The monoisotopic (exact) mass is 349 g/mol. The summed E-state index contributed by atoms with van der Waals surface area (Å²) in [4.78, 5) is 8.60. The van der Waals surface area contributed by atoms with Gasteiger partial charge >= 0.3 is 0 Å². The van der Waals surface area contributed by atoms with E-state index < -0.39 is 24.5 Å². The van der Waals surface area contributed by atoms with Crippen molar-refractivity contribution in [2.75, 3.05) is 11.9 Å². The van der Waals surface area contributed by atoms with E-state index in [4.69, 9.17) is 4.74 Å². The van der Waals surface area contributed by atoms with Crippen LogP contribution in [0.5, 0.6) is 0 Å². The smallest absolute Gasteiger partial charge is 0.181 e. The van der Waals surface area contributed by atoms with Gasteiger partial charge in [0, 0.05) is 6.04 Å². The van der Waals surface area contributed by atoms with E-state index in [-0.39, 0.29) is 6.61 Å². The number of nitrogens with zero attached hydrogens (tertiary/aromatic N) is 4. The number of fused-ring (bicyclic) bond motifs is 1. The second kappa shape index (κ2) is 6.83. The first-order valence-corrected chi connectivity index (χ1v) is 8.76. The van der Waals surface area contributed by atoms with Crippen molar-refractivity contribution in [1.82, 2.24) is 19.7 Å². The number of anilines is 1. The quantitative estimate of drug-likeness (QED) is 0.616. The van der Waals surface area contributed by atoms with E-state index in [1.165, 1.54) is 30.3 Å². The van der Waals surface area contributed by atoms with Crippen LogP contribution in [0.4, 0.5) is 5.82 Å². The Morgan fingerprint density at radius 3 is 2.68 bits per heavy atom. The Kier molecular flexibility index (Phi) is 4.55. The summed E-state index contributed by atoms with van der Waals surface area (Å²) in [5.74, 6) is 0.717. The molecule has 9 heteroatoms. The summed E-state index contributed by atoms with van der Waals surface area (Å²) in [6.07, 6.45) is 4.93. The summed E-state index contributed by atoms with van der Waals surface area (Å²) >= 11 is 0. The molecule has 0 spiro atoms. The molecule has 136 valence electrons. The third-order valence-corrected chi connectivity index (χ3v) is 5.10. The Bertz CT molecular complexity index is 732. The van der Waals surface area contributed by atoms with E-state index in [1.807, 2.05) is 0 Å². The topological polar surface area (TPSA) is 126 Å². The molecule has 2 aromatic rings. The first-order chi connectivity index (χ1) is 12.2. The van der Waals surface area contributed by atoms with Crippen molar-refractivity contribution in [3.05, 3.63) is 12.5 Å². The molecule has 2 aromatic heterocycles. The van der Waals surface area contributed by atoms with Gasteiger partial charge in [-0.15, -0.1) is 0 Å². The number of hydrogen-bond donors (Lipinski definition) is 4. The Labute approximate surface area is 144 Å². The molecule has 4 N–H and O–H groups in total. The number of aromatic nitrogens is 4. The van der Waals surface area contributed by atoms with Gasteiger partial charge in [0.25, 0.3) is 0 Å². The van der Waals surface area contributed by atoms with E-state index >= 15 is 0 Å².